The molecule has 0 saturated carbocycles. The fourth-order valence-electron chi connectivity index (χ4n) is 3.69. The number of hydroxylamine groups is 2. The molecule has 2 atom stereocenters. The molecule has 1 fully saturated rings. The largest absolute Gasteiger partial charge is 0.447 e. The van der Waals surface area contributed by atoms with Crippen molar-refractivity contribution in [2.75, 3.05) is 0 Å². The van der Waals surface area contributed by atoms with Gasteiger partial charge >= 0.3 is 11.9 Å². The highest BCUT2D eigenvalue weighted by atomic mass is 16.6. The Morgan fingerprint density at radius 3 is 1.31 bits per heavy atom. The van der Waals surface area contributed by atoms with Gasteiger partial charge in [-0.3, -0.25) is 24.4 Å². The van der Waals surface area contributed by atoms with Gasteiger partial charge in [-0.25, -0.2) is 0 Å². The molecule has 0 aromatic rings. The van der Waals surface area contributed by atoms with Crippen LogP contribution in [0.1, 0.15) is 117 Å². The Labute approximate surface area is 192 Å². The summed E-state index contributed by atoms with van der Waals surface area (Å²) >= 11 is 0. The molecule has 1 aliphatic rings. The van der Waals surface area contributed by atoms with Crippen LogP contribution in [0.2, 0.25) is 0 Å². The van der Waals surface area contributed by atoms with Crippen LogP contribution in [-0.4, -0.2) is 46.2 Å². The molecule has 32 heavy (non-hydrogen) atoms. The molecule has 1 aliphatic heterocycles. The zero-order valence-corrected chi connectivity index (χ0v) is 19.8. The van der Waals surface area contributed by atoms with E-state index in [4.69, 9.17) is 9.47 Å². The van der Waals surface area contributed by atoms with E-state index >= 15 is 0 Å². The van der Waals surface area contributed by atoms with Crippen molar-refractivity contribution in [3.63, 3.8) is 0 Å². The summed E-state index contributed by atoms with van der Waals surface area (Å²) in [6, 6.07) is 0. The lowest BCUT2D eigenvalue weighted by atomic mass is 10.1. The molecule has 2 unspecified atom stereocenters. The predicted molar refractivity (Wildman–Crippen MR) is 119 cm³/mol. The third-order valence-electron chi connectivity index (χ3n) is 5.67. The van der Waals surface area contributed by atoms with Gasteiger partial charge < -0.3 is 9.47 Å². The second kappa shape index (κ2) is 16.6. The number of esters is 2. The second-order valence-electron chi connectivity index (χ2n) is 8.55. The van der Waals surface area contributed by atoms with Gasteiger partial charge in [0.1, 0.15) is 0 Å². The third-order valence-corrected chi connectivity index (χ3v) is 5.67. The first kappa shape index (κ1) is 28.1. The van der Waals surface area contributed by atoms with Crippen molar-refractivity contribution in [1.29, 1.82) is 0 Å². The summed E-state index contributed by atoms with van der Waals surface area (Å²) in [4.78, 5) is 48.4. The van der Waals surface area contributed by atoms with E-state index in [0.29, 0.717) is 12.8 Å². The molecule has 0 radical (unpaired) electrons. The van der Waals surface area contributed by atoms with E-state index in [1.807, 2.05) is 0 Å². The van der Waals surface area contributed by atoms with Gasteiger partial charge in [-0.1, -0.05) is 90.9 Å². The number of unbranched alkanes of at least 4 members (excludes halogenated alkanes) is 12. The number of hydrogen-bond donors (Lipinski definition) is 1. The summed E-state index contributed by atoms with van der Waals surface area (Å²) in [7, 11) is 0. The van der Waals surface area contributed by atoms with Gasteiger partial charge in [0, 0.05) is 12.8 Å². The lowest BCUT2D eigenvalue weighted by molar-refractivity contribution is -0.177. The first-order valence-corrected chi connectivity index (χ1v) is 12.4. The summed E-state index contributed by atoms with van der Waals surface area (Å²) in [6.07, 6.45) is 11.4. The molecular formula is C24H41NO7. The Hall–Kier alpha value is -1.96. The molecule has 0 spiro atoms. The zero-order valence-electron chi connectivity index (χ0n) is 19.8. The van der Waals surface area contributed by atoms with Crippen LogP contribution in [-0.2, 0) is 28.7 Å². The first-order chi connectivity index (χ1) is 15.4. The number of carbonyl (C=O) groups excluding carboxylic acids is 4. The maximum absolute atomic E-state index is 12.1. The monoisotopic (exact) mass is 455 g/mol. The first-order valence-electron chi connectivity index (χ1n) is 12.4. The molecular weight excluding hydrogens is 414 g/mol. The van der Waals surface area contributed by atoms with Crippen LogP contribution < -0.4 is 0 Å². The van der Waals surface area contributed by atoms with Gasteiger partial charge in [0.25, 0.3) is 11.8 Å². The summed E-state index contributed by atoms with van der Waals surface area (Å²) in [5, 5.41) is 9.49. The fourth-order valence-corrected chi connectivity index (χ4v) is 3.69. The third kappa shape index (κ3) is 10.6. The number of nitrogens with zero attached hydrogens (tertiary/aromatic N) is 1. The summed E-state index contributed by atoms with van der Waals surface area (Å²) in [5.41, 5.74) is 0. The molecule has 0 aromatic carbocycles. The molecule has 1 heterocycles. The summed E-state index contributed by atoms with van der Waals surface area (Å²) in [5.74, 6) is -3.46. The molecule has 1 rings (SSSR count). The Kier molecular flexibility index (Phi) is 14.6. The maximum Gasteiger partial charge on any atom is 0.306 e. The molecule has 1 N–H and O–H groups in total. The van der Waals surface area contributed by atoms with Gasteiger partial charge in [-0.2, -0.15) is 0 Å². The van der Waals surface area contributed by atoms with Crippen LogP contribution in [0.5, 0.6) is 0 Å². The van der Waals surface area contributed by atoms with Crippen molar-refractivity contribution in [2.45, 2.75) is 129 Å². The highest BCUT2D eigenvalue weighted by Crippen LogP contribution is 2.21. The SMILES string of the molecule is CCCCCCCCCC(=O)OC1C(=O)N(O)C(=O)C1OC(=O)CCCCCCCCC. The minimum absolute atomic E-state index is 0.107. The molecule has 1 saturated heterocycles. The minimum atomic E-state index is -1.62. The van der Waals surface area contributed by atoms with Crippen molar-refractivity contribution in [3.05, 3.63) is 0 Å². The minimum Gasteiger partial charge on any atom is -0.447 e. The number of rotatable bonds is 18. The van der Waals surface area contributed by atoms with Gasteiger partial charge in [0.05, 0.1) is 0 Å². The normalized spacial score (nSPS) is 18.3. The van der Waals surface area contributed by atoms with E-state index in [1.165, 1.54) is 38.5 Å². The number of amides is 2. The van der Waals surface area contributed by atoms with Crippen molar-refractivity contribution in [2.24, 2.45) is 0 Å². The van der Waals surface area contributed by atoms with Gasteiger partial charge in [0.15, 0.2) is 0 Å². The Morgan fingerprint density at radius 2 is 0.969 bits per heavy atom. The smallest absolute Gasteiger partial charge is 0.306 e. The van der Waals surface area contributed by atoms with Crippen LogP contribution in [0, 0.1) is 0 Å². The van der Waals surface area contributed by atoms with Crippen LogP contribution in [0.25, 0.3) is 0 Å². The van der Waals surface area contributed by atoms with Crippen molar-refractivity contribution in [3.8, 4) is 0 Å². The summed E-state index contributed by atoms with van der Waals surface area (Å²) < 4.78 is 10.2. The number of imide groups is 1. The topological polar surface area (TPSA) is 110 Å². The molecule has 184 valence electrons. The van der Waals surface area contributed by atoms with Gasteiger partial charge in [0.2, 0.25) is 12.2 Å². The van der Waals surface area contributed by atoms with Crippen LogP contribution in [0.15, 0.2) is 0 Å². The molecule has 0 bridgehead atoms. The fraction of sp³-hybridized carbons (Fsp3) is 0.833. The van der Waals surface area contributed by atoms with Crippen molar-refractivity contribution < 1.29 is 33.9 Å². The molecule has 8 heteroatoms. The Balaban J connectivity index is 2.38. The highest BCUT2D eigenvalue weighted by Gasteiger charge is 2.52. The lowest BCUT2D eigenvalue weighted by Gasteiger charge is -2.16. The average molecular weight is 456 g/mol. The molecule has 8 nitrogen and oxygen atoms in total. The average Bonchev–Trinajstić information content (AvgIpc) is 2.96. The van der Waals surface area contributed by atoms with E-state index in [2.05, 4.69) is 13.8 Å². The van der Waals surface area contributed by atoms with E-state index in [9.17, 15) is 24.4 Å². The predicted octanol–water partition coefficient (Wildman–Crippen LogP) is 4.85. The Morgan fingerprint density at radius 1 is 0.656 bits per heavy atom. The molecule has 0 aliphatic carbocycles. The standard InChI is InChI=1S/C24H41NO7/c1-3-5-7-9-11-13-15-17-19(26)31-21-22(24(29)25(30)23(21)28)32-20(27)18-16-14-12-10-8-6-4-2/h21-22,30H,3-18H2,1-2H3. The van der Waals surface area contributed by atoms with Gasteiger partial charge in [-0.15, -0.1) is 5.06 Å². The number of ether oxygens (including phenoxy) is 2. The second-order valence-corrected chi connectivity index (χ2v) is 8.55. The van der Waals surface area contributed by atoms with E-state index in [0.717, 1.165) is 38.5 Å². The van der Waals surface area contributed by atoms with E-state index < -0.39 is 36.0 Å². The number of carbonyl (C=O) groups is 4. The van der Waals surface area contributed by atoms with Crippen molar-refractivity contribution >= 4 is 23.8 Å². The quantitative estimate of drug-likeness (QED) is 0.136. The van der Waals surface area contributed by atoms with E-state index in [-0.39, 0.29) is 17.9 Å². The lowest BCUT2D eigenvalue weighted by Crippen LogP contribution is -2.37. The van der Waals surface area contributed by atoms with Crippen molar-refractivity contribution in [1.82, 2.24) is 5.06 Å². The Bertz CT molecular complexity index is 543. The number of hydrogen-bond acceptors (Lipinski definition) is 7. The molecule has 2 amide bonds. The molecule has 0 aromatic heterocycles. The van der Waals surface area contributed by atoms with Crippen LogP contribution in [0.4, 0.5) is 0 Å². The van der Waals surface area contributed by atoms with Gasteiger partial charge in [-0.05, 0) is 12.8 Å². The van der Waals surface area contributed by atoms with Crippen LogP contribution >= 0.6 is 0 Å². The summed E-state index contributed by atoms with van der Waals surface area (Å²) in [6.45, 7) is 4.30. The maximum atomic E-state index is 12.1. The zero-order chi connectivity index (χ0) is 23.8. The van der Waals surface area contributed by atoms with Crippen LogP contribution in [0.3, 0.4) is 0 Å². The highest BCUT2D eigenvalue weighted by molar-refractivity contribution is 6.08. The van der Waals surface area contributed by atoms with E-state index in [1.54, 1.807) is 0 Å².